The smallest absolute Gasteiger partial charge is 0.284 e. The average Bonchev–Trinajstić information content (AvgIpc) is 3.06. The van der Waals surface area contributed by atoms with E-state index in [9.17, 15) is 14.9 Å². The molecule has 2 aromatic rings. The van der Waals surface area contributed by atoms with Crippen molar-refractivity contribution in [3.8, 4) is 0 Å². The molecule has 1 atom stereocenters. The SMILES string of the molecule is Cc1ccc(Sc2ccc(C(=O)NCC3CCCN3C)cc2[N+](=O)[O-])cc1. The lowest BCUT2D eigenvalue weighted by Crippen LogP contribution is -2.38. The molecule has 142 valence electrons. The number of rotatable bonds is 6. The second-order valence-electron chi connectivity index (χ2n) is 6.84. The van der Waals surface area contributed by atoms with E-state index in [2.05, 4.69) is 10.2 Å². The normalized spacial score (nSPS) is 17.0. The maximum atomic E-state index is 12.4. The van der Waals surface area contributed by atoms with Crippen LogP contribution in [0.15, 0.2) is 52.3 Å². The fourth-order valence-electron chi connectivity index (χ4n) is 3.17. The maximum Gasteiger partial charge on any atom is 0.284 e. The molecule has 27 heavy (non-hydrogen) atoms. The molecule has 1 aliphatic rings. The standard InChI is InChI=1S/C20H23N3O3S/c1-14-5-8-17(9-6-14)27-19-10-7-15(12-18(19)23(25)26)20(24)21-13-16-4-3-11-22(16)2/h5-10,12,16H,3-4,11,13H2,1-2H3,(H,21,24). The molecule has 1 amide bonds. The Bertz CT molecular complexity index is 839. The molecule has 7 heteroatoms. The number of nitrogens with one attached hydrogen (secondary N) is 1. The number of likely N-dealkylation sites (tertiary alicyclic amines) is 1. The Morgan fingerprint density at radius 1 is 1.30 bits per heavy atom. The van der Waals surface area contributed by atoms with E-state index in [-0.39, 0.29) is 11.6 Å². The van der Waals surface area contributed by atoms with Gasteiger partial charge < -0.3 is 10.2 Å². The summed E-state index contributed by atoms with van der Waals surface area (Å²) in [5.74, 6) is -0.273. The lowest BCUT2D eigenvalue weighted by molar-refractivity contribution is -0.387. The first-order valence-electron chi connectivity index (χ1n) is 8.95. The summed E-state index contributed by atoms with van der Waals surface area (Å²) in [5.41, 5.74) is 1.40. The van der Waals surface area contributed by atoms with Crippen LogP contribution in [0.3, 0.4) is 0 Å². The van der Waals surface area contributed by atoms with Gasteiger partial charge in [-0.1, -0.05) is 29.5 Å². The molecule has 1 heterocycles. The van der Waals surface area contributed by atoms with Crippen LogP contribution in [0.1, 0.15) is 28.8 Å². The molecule has 1 aliphatic heterocycles. The summed E-state index contributed by atoms with van der Waals surface area (Å²) in [6.07, 6.45) is 2.19. The summed E-state index contributed by atoms with van der Waals surface area (Å²) in [5, 5.41) is 14.4. The van der Waals surface area contributed by atoms with E-state index in [1.807, 2.05) is 38.2 Å². The van der Waals surface area contributed by atoms with E-state index >= 15 is 0 Å². The van der Waals surface area contributed by atoms with Crippen molar-refractivity contribution in [2.45, 2.75) is 35.6 Å². The molecule has 0 radical (unpaired) electrons. The number of hydrogen-bond acceptors (Lipinski definition) is 5. The minimum atomic E-state index is -0.432. The quantitative estimate of drug-likeness (QED) is 0.603. The van der Waals surface area contributed by atoms with E-state index in [0.29, 0.717) is 23.0 Å². The van der Waals surface area contributed by atoms with Gasteiger partial charge in [0.1, 0.15) is 0 Å². The van der Waals surface area contributed by atoms with Crippen molar-refractivity contribution in [3.05, 3.63) is 63.7 Å². The lowest BCUT2D eigenvalue weighted by Gasteiger charge is -2.19. The van der Waals surface area contributed by atoms with E-state index in [1.54, 1.807) is 12.1 Å². The molecule has 1 saturated heterocycles. The van der Waals surface area contributed by atoms with Gasteiger partial charge in [0.2, 0.25) is 0 Å². The highest BCUT2D eigenvalue weighted by molar-refractivity contribution is 7.99. The summed E-state index contributed by atoms with van der Waals surface area (Å²) in [6, 6.07) is 12.8. The van der Waals surface area contributed by atoms with E-state index in [0.717, 1.165) is 29.8 Å². The number of aryl methyl sites for hydroxylation is 1. The van der Waals surface area contributed by atoms with Crippen LogP contribution < -0.4 is 5.32 Å². The van der Waals surface area contributed by atoms with Crippen molar-refractivity contribution in [1.29, 1.82) is 0 Å². The summed E-state index contributed by atoms with van der Waals surface area (Å²) in [7, 11) is 2.05. The fraction of sp³-hybridized carbons (Fsp3) is 0.350. The Hall–Kier alpha value is -2.38. The molecule has 2 aromatic carbocycles. The van der Waals surface area contributed by atoms with Crippen molar-refractivity contribution >= 4 is 23.4 Å². The summed E-state index contributed by atoms with van der Waals surface area (Å²) in [4.78, 5) is 27.2. The molecule has 1 N–H and O–H groups in total. The zero-order valence-electron chi connectivity index (χ0n) is 15.5. The monoisotopic (exact) mass is 385 g/mol. The highest BCUT2D eigenvalue weighted by Gasteiger charge is 2.22. The topological polar surface area (TPSA) is 75.5 Å². The molecule has 0 saturated carbocycles. The zero-order chi connectivity index (χ0) is 19.4. The molecule has 0 spiro atoms. The van der Waals surface area contributed by atoms with Gasteiger partial charge in [-0.25, -0.2) is 0 Å². The van der Waals surface area contributed by atoms with Gasteiger partial charge in [-0.15, -0.1) is 0 Å². The Morgan fingerprint density at radius 2 is 2.04 bits per heavy atom. The van der Waals surface area contributed by atoms with Crippen molar-refractivity contribution in [3.63, 3.8) is 0 Å². The Balaban J connectivity index is 1.73. The summed E-state index contributed by atoms with van der Waals surface area (Å²) < 4.78 is 0. The predicted octanol–water partition coefficient (Wildman–Crippen LogP) is 3.88. The Labute approximate surface area is 163 Å². The molecule has 6 nitrogen and oxygen atoms in total. The molecule has 0 aliphatic carbocycles. The fourth-order valence-corrected chi connectivity index (χ4v) is 4.07. The zero-order valence-corrected chi connectivity index (χ0v) is 16.3. The molecule has 1 unspecified atom stereocenters. The number of likely N-dealkylation sites (N-methyl/N-ethyl adjacent to an activating group) is 1. The number of nitro groups is 1. The van der Waals surface area contributed by atoms with Crippen LogP contribution in [-0.2, 0) is 0 Å². The molecular weight excluding hydrogens is 362 g/mol. The minimum absolute atomic E-state index is 0.0498. The van der Waals surface area contributed by atoms with Gasteiger partial charge in [0, 0.05) is 29.1 Å². The van der Waals surface area contributed by atoms with Crippen LogP contribution in [0.2, 0.25) is 0 Å². The van der Waals surface area contributed by atoms with E-state index in [1.165, 1.54) is 17.8 Å². The first kappa shape index (κ1) is 19.4. The average molecular weight is 385 g/mol. The minimum Gasteiger partial charge on any atom is -0.350 e. The largest absolute Gasteiger partial charge is 0.350 e. The van der Waals surface area contributed by atoms with Gasteiger partial charge in [-0.3, -0.25) is 14.9 Å². The summed E-state index contributed by atoms with van der Waals surface area (Å²) in [6.45, 7) is 3.59. The number of carbonyl (C=O) groups is 1. The number of benzene rings is 2. The lowest BCUT2D eigenvalue weighted by atomic mass is 10.1. The number of nitro benzene ring substituents is 1. The highest BCUT2D eigenvalue weighted by Crippen LogP contribution is 2.35. The van der Waals surface area contributed by atoms with Crippen molar-refractivity contribution < 1.29 is 9.72 Å². The van der Waals surface area contributed by atoms with Crippen LogP contribution in [0.5, 0.6) is 0 Å². The van der Waals surface area contributed by atoms with Gasteiger partial charge in [0.25, 0.3) is 11.6 Å². The van der Waals surface area contributed by atoms with E-state index in [4.69, 9.17) is 0 Å². The van der Waals surface area contributed by atoms with Crippen molar-refractivity contribution in [2.24, 2.45) is 0 Å². The molecular formula is C20H23N3O3S. The molecule has 0 bridgehead atoms. The predicted molar refractivity (Wildman–Crippen MR) is 106 cm³/mol. The third kappa shape index (κ3) is 4.87. The summed E-state index contributed by atoms with van der Waals surface area (Å²) >= 11 is 1.33. The van der Waals surface area contributed by atoms with Crippen LogP contribution in [0.25, 0.3) is 0 Å². The highest BCUT2D eigenvalue weighted by atomic mass is 32.2. The van der Waals surface area contributed by atoms with Gasteiger partial charge in [-0.05, 0) is 57.6 Å². The number of carbonyl (C=O) groups excluding carboxylic acids is 1. The maximum absolute atomic E-state index is 12.4. The van der Waals surface area contributed by atoms with Gasteiger partial charge in [0.05, 0.1) is 9.82 Å². The molecule has 1 fully saturated rings. The second-order valence-corrected chi connectivity index (χ2v) is 7.96. The van der Waals surface area contributed by atoms with Crippen LogP contribution >= 0.6 is 11.8 Å². The first-order valence-corrected chi connectivity index (χ1v) is 9.77. The van der Waals surface area contributed by atoms with Crippen molar-refractivity contribution in [1.82, 2.24) is 10.2 Å². The van der Waals surface area contributed by atoms with Gasteiger partial charge in [-0.2, -0.15) is 0 Å². The Morgan fingerprint density at radius 3 is 2.67 bits per heavy atom. The van der Waals surface area contributed by atoms with Crippen LogP contribution in [0.4, 0.5) is 5.69 Å². The number of nitrogens with zero attached hydrogens (tertiary/aromatic N) is 2. The van der Waals surface area contributed by atoms with Crippen molar-refractivity contribution in [2.75, 3.05) is 20.1 Å². The third-order valence-electron chi connectivity index (χ3n) is 4.84. The van der Waals surface area contributed by atoms with Crippen LogP contribution in [-0.4, -0.2) is 41.9 Å². The molecule has 3 rings (SSSR count). The number of amides is 1. The van der Waals surface area contributed by atoms with Gasteiger partial charge >= 0.3 is 0 Å². The third-order valence-corrected chi connectivity index (χ3v) is 5.91. The number of hydrogen-bond donors (Lipinski definition) is 1. The van der Waals surface area contributed by atoms with E-state index < -0.39 is 4.92 Å². The Kier molecular flexibility index (Phi) is 6.13. The first-order chi connectivity index (χ1) is 12.9. The second kappa shape index (κ2) is 8.54. The molecule has 0 aromatic heterocycles. The van der Waals surface area contributed by atoms with Gasteiger partial charge in [0.15, 0.2) is 0 Å². The van der Waals surface area contributed by atoms with Crippen LogP contribution in [0, 0.1) is 17.0 Å².